The number of hydrogen-bond donors (Lipinski definition) is 1. The van der Waals surface area contributed by atoms with E-state index in [4.69, 9.17) is 5.11 Å². The van der Waals surface area contributed by atoms with Crippen LogP contribution in [0.25, 0.3) is 0 Å². The monoisotopic (exact) mass is 250 g/mol. The summed E-state index contributed by atoms with van der Waals surface area (Å²) in [7, 11) is 3.47. The topological polar surface area (TPSA) is 83.7 Å². The molecule has 0 aliphatic rings. The molecule has 96 valence electrons. The minimum Gasteiger partial charge on any atom is -0.478 e. The molecular weight excluding hydrogens is 236 g/mol. The Morgan fingerprint density at radius 2 is 1.94 bits per heavy atom. The van der Waals surface area contributed by atoms with Gasteiger partial charge < -0.3 is 10.0 Å². The standard InChI is InChI=1S/C12H14N2O4/c1-13(2)8-10(12(15)16)7-9-3-5-11(6-4-9)14(17)18/h3-6,8H,7H2,1-2H3,(H,15,16). The lowest BCUT2D eigenvalue weighted by Gasteiger charge is -2.08. The molecule has 0 aliphatic carbocycles. The Labute approximate surface area is 104 Å². The third-order valence-electron chi connectivity index (χ3n) is 2.23. The van der Waals surface area contributed by atoms with E-state index < -0.39 is 10.9 Å². The molecule has 0 saturated carbocycles. The van der Waals surface area contributed by atoms with Crippen LogP contribution in [-0.4, -0.2) is 35.0 Å². The normalized spacial score (nSPS) is 11.1. The van der Waals surface area contributed by atoms with E-state index in [2.05, 4.69) is 0 Å². The average molecular weight is 250 g/mol. The molecule has 1 rings (SSSR count). The second-order valence-corrected chi connectivity index (χ2v) is 4.02. The lowest BCUT2D eigenvalue weighted by Crippen LogP contribution is -2.10. The van der Waals surface area contributed by atoms with Gasteiger partial charge in [0.05, 0.1) is 10.5 Å². The molecule has 6 nitrogen and oxygen atoms in total. The first-order valence-corrected chi connectivity index (χ1v) is 5.24. The highest BCUT2D eigenvalue weighted by atomic mass is 16.6. The molecule has 0 saturated heterocycles. The zero-order valence-corrected chi connectivity index (χ0v) is 10.2. The first kappa shape index (κ1) is 13.7. The molecule has 0 spiro atoms. The van der Waals surface area contributed by atoms with E-state index in [-0.39, 0.29) is 17.7 Å². The summed E-state index contributed by atoms with van der Waals surface area (Å²) in [5.74, 6) is -0.998. The van der Waals surface area contributed by atoms with Crippen molar-refractivity contribution in [2.24, 2.45) is 0 Å². The van der Waals surface area contributed by atoms with Gasteiger partial charge in [0.2, 0.25) is 0 Å². The van der Waals surface area contributed by atoms with Gasteiger partial charge in [-0.1, -0.05) is 12.1 Å². The Bertz CT molecular complexity index is 477. The van der Waals surface area contributed by atoms with Crippen molar-refractivity contribution in [2.75, 3.05) is 14.1 Å². The molecule has 0 unspecified atom stereocenters. The first-order valence-electron chi connectivity index (χ1n) is 5.24. The van der Waals surface area contributed by atoms with Crippen molar-refractivity contribution >= 4 is 11.7 Å². The van der Waals surface area contributed by atoms with Crippen LogP contribution in [-0.2, 0) is 11.2 Å². The van der Waals surface area contributed by atoms with Crippen LogP contribution in [0.5, 0.6) is 0 Å². The molecule has 0 fully saturated rings. The minimum atomic E-state index is -0.998. The molecule has 0 aromatic heterocycles. The quantitative estimate of drug-likeness (QED) is 0.488. The van der Waals surface area contributed by atoms with E-state index in [0.29, 0.717) is 0 Å². The Kier molecular flexibility index (Phi) is 4.42. The van der Waals surface area contributed by atoms with Crippen molar-refractivity contribution < 1.29 is 14.8 Å². The number of non-ortho nitro benzene ring substituents is 1. The average Bonchev–Trinajstić information content (AvgIpc) is 2.28. The van der Waals surface area contributed by atoms with Gasteiger partial charge in [-0.05, 0) is 5.56 Å². The summed E-state index contributed by atoms with van der Waals surface area (Å²) in [5.41, 5.74) is 0.942. The summed E-state index contributed by atoms with van der Waals surface area (Å²) in [4.78, 5) is 22.7. The predicted octanol–water partition coefficient (Wildman–Crippen LogP) is 1.67. The molecule has 0 atom stereocenters. The summed E-state index contributed by atoms with van der Waals surface area (Å²) in [6.07, 6.45) is 1.75. The third kappa shape index (κ3) is 3.89. The van der Waals surface area contributed by atoms with Gasteiger partial charge in [0.15, 0.2) is 0 Å². The fraction of sp³-hybridized carbons (Fsp3) is 0.250. The number of carbonyl (C=O) groups is 1. The smallest absolute Gasteiger partial charge is 0.333 e. The van der Waals surface area contributed by atoms with E-state index in [1.54, 1.807) is 31.1 Å². The van der Waals surface area contributed by atoms with Crippen LogP contribution in [0.3, 0.4) is 0 Å². The molecule has 6 heteroatoms. The maximum Gasteiger partial charge on any atom is 0.333 e. The largest absolute Gasteiger partial charge is 0.478 e. The molecule has 18 heavy (non-hydrogen) atoms. The highest BCUT2D eigenvalue weighted by Crippen LogP contribution is 2.15. The number of hydrogen-bond acceptors (Lipinski definition) is 4. The minimum absolute atomic E-state index is 0.00721. The van der Waals surface area contributed by atoms with Crippen LogP contribution in [0.1, 0.15) is 5.56 Å². The molecule has 0 aliphatic heterocycles. The Balaban J connectivity index is 2.88. The number of aliphatic carboxylic acids is 1. The van der Waals surface area contributed by atoms with Crippen LogP contribution >= 0.6 is 0 Å². The molecule has 0 radical (unpaired) electrons. The highest BCUT2D eigenvalue weighted by molar-refractivity contribution is 5.86. The number of carboxylic acids is 1. The molecule has 0 amide bonds. The predicted molar refractivity (Wildman–Crippen MR) is 66.2 cm³/mol. The van der Waals surface area contributed by atoms with Gasteiger partial charge in [-0.2, -0.15) is 0 Å². The van der Waals surface area contributed by atoms with Crippen molar-refractivity contribution in [3.8, 4) is 0 Å². The Hall–Kier alpha value is -2.37. The molecular formula is C12H14N2O4. The van der Waals surface area contributed by atoms with E-state index in [1.807, 2.05) is 0 Å². The van der Waals surface area contributed by atoms with Crippen LogP contribution in [0, 0.1) is 10.1 Å². The van der Waals surface area contributed by atoms with Crippen molar-refractivity contribution in [2.45, 2.75) is 6.42 Å². The van der Waals surface area contributed by atoms with Gasteiger partial charge in [-0.25, -0.2) is 4.79 Å². The van der Waals surface area contributed by atoms with Gasteiger partial charge in [0, 0.05) is 38.8 Å². The second-order valence-electron chi connectivity index (χ2n) is 4.02. The molecule has 1 aromatic rings. The number of benzene rings is 1. The zero-order chi connectivity index (χ0) is 13.7. The van der Waals surface area contributed by atoms with Crippen LogP contribution < -0.4 is 0 Å². The van der Waals surface area contributed by atoms with E-state index in [9.17, 15) is 14.9 Å². The number of nitro groups is 1. The Morgan fingerprint density at radius 3 is 2.33 bits per heavy atom. The van der Waals surface area contributed by atoms with Gasteiger partial charge >= 0.3 is 5.97 Å². The lowest BCUT2D eigenvalue weighted by atomic mass is 10.1. The van der Waals surface area contributed by atoms with Crippen molar-refractivity contribution in [3.05, 3.63) is 51.7 Å². The summed E-state index contributed by atoms with van der Waals surface area (Å²) in [6.45, 7) is 0. The molecule has 1 aromatic carbocycles. The van der Waals surface area contributed by atoms with Gasteiger partial charge in [0.25, 0.3) is 5.69 Å². The zero-order valence-electron chi connectivity index (χ0n) is 10.2. The van der Waals surface area contributed by atoms with E-state index in [0.717, 1.165) is 5.56 Å². The summed E-state index contributed by atoms with van der Waals surface area (Å²) in [6, 6.07) is 5.85. The number of nitrogens with zero attached hydrogens (tertiary/aromatic N) is 2. The van der Waals surface area contributed by atoms with Crippen LogP contribution in [0.15, 0.2) is 36.0 Å². The number of carboxylic acid groups (broad SMARTS) is 1. The number of rotatable bonds is 5. The van der Waals surface area contributed by atoms with Gasteiger partial charge in [-0.15, -0.1) is 0 Å². The Morgan fingerprint density at radius 1 is 1.39 bits per heavy atom. The fourth-order valence-electron chi connectivity index (χ4n) is 1.44. The van der Waals surface area contributed by atoms with Crippen LogP contribution in [0.4, 0.5) is 5.69 Å². The number of nitro benzene ring substituents is 1. The molecule has 0 bridgehead atoms. The second kappa shape index (κ2) is 5.81. The molecule has 0 heterocycles. The maximum absolute atomic E-state index is 11.0. The fourth-order valence-corrected chi connectivity index (χ4v) is 1.44. The van der Waals surface area contributed by atoms with E-state index >= 15 is 0 Å². The maximum atomic E-state index is 11.0. The van der Waals surface area contributed by atoms with Crippen LogP contribution in [0.2, 0.25) is 0 Å². The third-order valence-corrected chi connectivity index (χ3v) is 2.23. The van der Waals surface area contributed by atoms with Gasteiger partial charge in [-0.3, -0.25) is 10.1 Å². The van der Waals surface area contributed by atoms with Crippen molar-refractivity contribution in [1.82, 2.24) is 4.90 Å². The van der Waals surface area contributed by atoms with Crippen molar-refractivity contribution in [3.63, 3.8) is 0 Å². The molecule has 1 N–H and O–H groups in total. The SMILES string of the molecule is CN(C)C=C(Cc1ccc([N+](=O)[O-])cc1)C(=O)O. The van der Waals surface area contributed by atoms with Crippen molar-refractivity contribution in [1.29, 1.82) is 0 Å². The van der Waals surface area contributed by atoms with E-state index in [1.165, 1.54) is 18.3 Å². The highest BCUT2D eigenvalue weighted by Gasteiger charge is 2.10. The first-order chi connectivity index (χ1) is 8.40. The summed E-state index contributed by atoms with van der Waals surface area (Å²) < 4.78 is 0. The summed E-state index contributed by atoms with van der Waals surface area (Å²) in [5, 5.41) is 19.5. The summed E-state index contributed by atoms with van der Waals surface area (Å²) >= 11 is 0. The lowest BCUT2D eigenvalue weighted by molar-refractivity contribution is -0.384. The van der Waals surface area contributed by atoms with Gasteiger partial charge in [0.1, 0.15) is 0 Å².